The van der Waals surface area contributed by atoms with Crippen LogP contribution in [0, 0.1) is 0 Å². The number of aromatic amines is 1. The molecule has 0 aliphatic carbocycles. The Labute approximate surface area is 194 Å². The number of likely N-dealkylation sites (tertiary alicyclic amines) is 1. The third kappa shape index (κ3) is 5.20. The highest BCUT2D eigenvalue weighted by atomic mass is 32.2. The molecule has 2 heterocycles. The second kappa shape index (κ2) is 9.93. The van der Waals surface area contributed by atoms with E-state index in [9.17, 15) is 13.2 Å². The maximum atomic E-state index is 12.8. The molecule has 176 valence electrons. The number of H-pyrrole nitrogens is 1. The molecule has 1 aliphatic rings. The van der Waals surface area contributed by atoms with Crippen molar-refractivity contribution in [2.75, 3.05) is 33.8 Å². The number of nitrogens with one attached hydrogen (secondary N) is 1. The van der Waals surface area contributed by atoms with Gasteiger partial charge in [-0.1, -0.05) is 12.1 Å². The Morgan fingerprint density at radius 1 is 1.21 bits per heavy atom. The van der Waals surface area contributed by atoms with Gasteiger partial charge in [-0.05, 0) is 55.7 Å². The van der Waals surface area contributed by atoms with Crippen LogP contribution in [0.1, 0.15) is 37.4 Å². The van der Waals surface area contributed by atoms with Crippen molar-refractivity contribution >= 4 is 27.0 Å². The number of hydrogen-bond acceptors (Lipinski definition) is 5. The van der Waals surface area contributed by atoms with Crippen LogP contribution in [-0.2, 0) is 14.8 Å². The van der Waals surface area contributed by atoms with Crippen molar-refractivity contribution in [1.82, 2.24) is 19.2 Å². The van der Waals surface area contributed by atoms with Crippen molar-refractivity contribution in [2.24, 2.45) is 0 Å². The second-order valence-electron chi connectivity index (χ2n) is 8.42. The van der Waals surface area contributed by atoms with Crippen molar-refractivity contribution < 1.29 is 17.9 Å². The van der Waals surface area contributed by atoms with E-state index < -0.39 is 10.0 Å². The van der Waals surface area contributed by atoms with Gasteiger partial charge in [0.05, 0.1) is 23.0 Å². The highest BCUT2D eigenvalue weighted by Gasteiger charge is 2.27. The first-order valence-corrected chi connectivity index (χ1v) is 12.7. The molecule has 3 aromatic rings. The maximum absolute atomic E-state index is 12.8. The number of ether oxygens (including phenoxy) is 1. The number of carbonyl (C=O) groups excluding carboxylic acids is 1. The van der Waals surface area contributed by atoms with Crippen LogP contribution in [-0.4, -0.2) is 67.3 Å². The van der Waals surface area contributed by atoms with Crippen LogP contribution in [0.5, 0.6) is 5.75 Å². The molecule has 4 rings (SSSR count). The summed E-state index contributed by atoms with van der Waals surface area (Å²) in [6.45, 7) is 1.65. The molecule has 1 atom stereocenters. The second-order valence-corrected chi connectivity index (χ2v) is 10.5. The number of nitrogens with zero attached hydrogens (tertiary/aromatic N) is 3. The SMILES string of the molecule is COc1ccc(S(=O)(=O)N(C)CCCC(=O)N2CCCC(c3nc4ccccc4[nH]3)C2)cc1. The van der Waals surface area contributed by atoms with E-state index in [0.29, 0.717) is 25.1 Å². The number of hydrogen-bond donors (Lipinski definition) is 1. The molecule has 8 nitrogen and oxygen atoms in total. The van der Waals surface area contributed by atoms with Crippen LogP contribution in [0.3, 0.4) is 0 Å². The summed E-state index contributed by atoms with van der Waals surface area (Å²) in [4.78, 5) is 23.0. The lowest BCUT2D eigenvalue weighted by molar-refractivity contribution is -0.132. The van der Waals surface area contributed by atoms with Crippen LogP contribution in [0.15, 0.2) is 53.4 Å². The Morgan fingerprint density at radius 2 is 1.97 bits per heavy atom. The van der Waals surface area contributed by atoms with Crippen molar-refractivity contribution in [3.8, 4) is 5.75 Å². The van der Waals surface area contributed by atoms with Gasteiger partial charge in [0.15, 0.2) is 0 Å². The number of para-hydroxylation sites is 2. The fraction of sp³-hybridized carbons (Fsp3) is 0.417. The van der Waals surface area contributed by atoms with Gasteiger partial charge in [-0.25, -0.2) is 17.7 Å². The van der Waals surface area contributed by atoms with Crippen LogP contribution in [0.4, 0.5) is 0 Å². The maximum Gasteiger partial charge on any atom is 0.242 e. The molecule has 33 heavy (non-hydrogen) atoms. The molecule has 1 fully saturated rings. The minimum Gasteiger partial charge on any atom is -0.497 e. The standard InChI is InChI=1S/C24H30N4O4S/c1-27(33(30,31)20-13-11-19(32-2)12-14-20)15-6-10-23(29)28-16-5-7-18(17-28)24-25-21-8-3-4-9-22(21)26-24/h3-4,8-9,11-14,18H,5-7,10,15-17H2,1-2H3,(H,25,26). The molecule has 0 saturated carbocycles. The molecule has 1 saturated heterocycles. The molecule has 9 heteroatoms. The Morgan fingerprint density at radius 3 is 2.70 bits per heavy atom. The number of imidazole rings is 1. The van der Waals surface area contributed by atoms with E-state index in [-0.39, 0.29) is 23.3 Å². The highest BCUT2D eigenvalue weighted by molar-refractivity contribution is 7.89. The molecule has 1 aromatic heterocycles. The van der Waals surface area contributed by atoms with E-state index in [1.807, 2.05) is 29.2 Å². The largest absolute Gasteiger partial charge is 0.497 e. The number of piperidine rings is 1. The molecule has 1 N–H and O–H groups in total. The van der Waals surface area contributed by atoms with E-state index >= 15 is 0 Å². The first-order chi connectivity index (χ1) is 15.9. The van der Waals surface area contributed by atoms with Gasteiger partial charge in [0.1, 0.15) is 11.6 Å². The number of aromatic nitrogens is 2. The predicted molar refractivity (Wildman–Crippen MR) is 127 cm³/mol. The summed E-state index contributed by atoms with van der Waals surface area (Å²) in [5.41, 5.74) is 1.95. The van der Waals surface area contributed by atoms with E-state index in [4.69, 9.17) is 9.72 Å². The van der Waals surface area contributed by atoms with Crippen LogP contribution >= 0.6 is 0 Å². The predicted octanol–water partition coefficient (Wildman–Crippen LogP) is 3.38. The van der Waals surface area contributed by atoms with Crippen LogP contribution < -0.4 is 4.74 Å². The summed E-state index contributed by atoms with van der Waals surface area (Å²) in [5, 5.41) is 0. The Bertz CT molecular complexity index is 1170. The van der Waals surface area contributed by atoms with Crippen molar-refractivity contribution in [3.05, 3.63) is 54.4 Å². The molecule has 0 spiro atoms. The van der Waals surface area contributed by atoms with E-state index in [0.717, 1.165) is 36.2 Å². The zero-order valence-electron chi connectivity index (χ0n) is 19.0. The lowest BCUT2D eigenvalue weighted by Crippen LogP contribution is -2.39. The van der Waals surface area contributed by atoms with E-state index in [1.54, 1.807) is 19.2 Å². The van der Waals surface area contributed by atoms with E-state index in [1.165, 1.54) is 23.5 Å². The number of rotatable bonds is 8. The number of amides is 1. The number of sulfonamides is 1. The van der Waals surface area contributed by atoms with Gasteiger partial charge in [-0.15, -0.1) is 0 Å². The summed E-state index contributed by atoms with van der Waals surface area (Å²) in [5.74, 6) is 1.78. The number of methoxy groups -OCH3 is 1. The topological polar surface area (TPSA) is 95.6 Å². The third-order valence-corrected chi connectivity index (χ3v) is 8.07. The Balaban J connectivity index is 1.30. The summed E-state index contributed by atoms with van der Waals surface area (Å²) in [6, 6.07) is 14.2. The lowest BCUT2D eigenvalue weighted by Gasteiger charge is -2.32. The fourth-order valence-corrected chi connectivity index (χ4v) is 5.46. The highest BCUT2D eigenvalue weighted by Crippen LogP contribution is 2.27. The van der Waals surface area contributed by atoms with Crippen molar-refractivity contribution in [3.63, 3.8) is 0 Å². The molecule has 1 unspecified atom stereocenters. The molecule has 0 radical (unpaired) electrons. The van der Waals surface area contributed by atoms with Gasteiger partial charge in [0.25, 0.3) is 0 Å². The number of benzene rings is 2. The van der Waals surface area contributed by atoms with E-state index in [2.05, 4.69) is 4.98 Å². The van der Waals surface area contributed by atoms with Gasteiger partial charge in [0, 0.05) is 39.0 Å². The Kier molecular flexibility index (Phi) is 6.99. The monoisotopic (exact) mass is 470 g/mol. The molecular weight excluding hydrogens is 440 g/mol. The third-order valence-electron chi connectivity index (χ3n) is 6.20. The van der Waals surface area contributed by atoms with Gasteiger partial charge in [-0.2, -0.15) is 0 Å². The quantitative estimate of drug-likeness (QED) is 0.545. The van der Waals surface area contributed by atoms with Gasteiger partial charge in [-0.3, -0.25) is 4.79 Å². The number of carbonyl (C=O) groups is 1. The summed E-state index contributed by atoms with van der Waals surface area (Å²) in [6.07, 6.45) is 2.71. The average Bonchev–Trinajstić information content (AvgIpc) is 3.28. The van der Waals surface area contributed by atoms with Crippen LogP contribution in [0.2, 0.25) is 0 Å². The molecule has 1 aliphatic heterocycles. The average molecular weight is 471 g/mol. The first kappa shape index (κ1) is 23.3. The molecule has 1 amide bonds. The normalized spacial score (nSPS) is 16.9. The summed E-state index contributed by atoms with van der Waals surface area (Å²) >= 11 is 0. The zero-order chi connectivity index (χ0) is 23.4. The Hall–Kier alpha value is -2.91. The van der Waals surface area contributed by atoms with Crippen molar-refractivity contribution in [2.45, 2.75) is 36.5 Å². The van der Waals surface area contributed by atoms with Crippen LogP contribution in [0.25, 0.3) is 11.0 Å². The molecule has 2 aromatic carbocycles. The summed E-state index contributed by atoms with van der Waals surface area (Å²) < 4.78 is 31.9. The minimum atomic E-state index is -3.60. The fourth-order valence-electron chi connectivity index (χ4n) is 4.25. The van der Waals surface area contributed by atoms with Crippen molar-refractivity contribution in [1.29, 1.82) is 0 Å². The molecular formula is C24H30N4O4S. The lowest BCUT2D eigenvalue weighted by atomic mass is 9.97. The summed E-state index contributed by atoms with van der Waals surface area (Å²) in [7, 11) is -0.524. The smallest absolute Gasteiger partial charge is 0.242 e. The van der Waals surface area contributed by atoms with Gasteiger partial charge < -0.3 is 14.6 Å². The van der Waals surface area contributed by atoms with Gasteiger partial charge >= 0.3 is 0 Å². The molecule has 0 bridgehead atoms. The first-order valence-electron chi connectivity index (χ1n) is 11.2. The zero-order valence-corrected chi connectivity index (χ0v) is 19.8. The minimum absolute atomic E-state index is 0.0612. The number of fused-ring (bicyclic) bond motifs is 1. The van der Waals surface area contributed by atoms with Gasteiger partial charge in [0.2, 0.25) is 15.9 Å².